The maximum absolute atomic E-state index is 12.1. The lowest BCUT2D eigenvalue weighted by molar-refractivity contribution is -0.118. The molecule has 0 atom stereocenters. The monoisotopic (exact) mass is 370 g/mol. The number of hydrogen-bond donors (Lipinski definition) is 1. The van der Waals surface area contributed by atoms with Gasteiger partial charge in [-0.05, 0) is 55.0 Å². The highest BCUT2D eigenvalue weighted by Gasteiger charge is 2.11. The van der Waals surface area contributed by atoms with Gasteiger partial charge in [-0.3, -0.25) is 4.79 Å². The van der Waals surface area contributed by atoms with E-state index in [4.69, 9.17) is 14.2 Å². The van der Waals surface area contributed by atoms with E-state index in [2.05, 4.69) is 17.1 Å². The predicted octanol–water partition coefficient (Wildman–Crippen LogP) is 3.33. The third kappa shape index (κ3) is 5.89. The first-order valence-corrected chi connectivity index (χ1v) is 9.33. The van der Waals surface area contributed by atoms with Gasteiger partial charge in [-0.1, -0.05) is 6.92 Å². The zero-order valence-electron chi connectivity index (χ0n) is 15.6. The van der Waals surface area contributed by atoms with Crippen LogP contribution in [-0.4, -0.2) is 45.4 Å². The molecule has 1 N–H and O–H groups in total. The zero-order chi connectivity index (χ0) is 18.9. The van der Waals surface area contributed by atoms with Gasteiger partial charge in [0.1, 0.15) is 11.5 Å². The standard InChI is InChI=1S/C21H26N2O4/c1-2-13-26-19-7-9-20(10-8-19)27-16-21(24)22-17-3-5-18(6-4-17)23-11-14-25-15-12-23/h3-10H,2,11-16H2,1H3,(H,22,24). The molecule has 1 heterocycles. The van der Waals surface area contributed by atoms with Crippen LogP contribution in [0.4, 0.5) is 11.4 Å². The van der Waals surface area contributed by atoms with Crippen LogP contribution in [0.1, 0.15) is 13.3 Å². The van der Waals surface area contributed by atoms with Gasteiger partial charge in [-0.15, -0.1) is 0 Å². The van der Waals surface area contributed by atoms with E-state index in [-0.39, 0.29) is 12.5 Å². The van der Waals surface area contributed by atoms with Gasteiger partial charge in [0.25, 0.3) is 5.91 Å². The quantitative estimate of drug-likeness (QED) is 0.772. The molecule has 0 spiro atoms. The molecule has 0 bridgehead atoms. The minimum absolute atomic E-state index is 0.0413. The summed E-state index contributed by atoms with van der Waals surface area (Å²) in [5.41, 5.74) is 1.89. The van der Waals surface area contributed by atoms with Crippen LogP contribution in [-0.2, 0) is 9.53 Å². The van der Waals surface area contributed by atoms with Crippen LogP contribution in [0, 0.1) is 0 Å². The largest absolute Gasteiger partial charge is 0.494 e. The third-order valence-electron chi connectivity index (χ3n) is 4.19. The number of rotatable bonds is 8. The van der Waals surface area contributed by atoms with E-state index < -0.39 is 0 Å². The molecule has 0 saturated carbocycles. The molecular formula is C21H26N2O4. The summed E-state index contributed by atoms with van der Waals surface area (Å²) in [5.74, 6) is 1.24. The molecule has 1 amide bonds. The Kier molecular flexibility index (Phi) is 6.93. The fraction of sp³-hybridized carbons (Fsp3) is 0.381. The van der Waals surface area contributed by atoms with E-state index in [1.807, 2.05) is 36.4 Å². The van der Waals surface area contributed by atoms with Crippen molar-refractivity contribution in [1.29, 1.82) is 0 Å². The Morgan fingerprint density at radius 2 is 1.63 bits per heavy atom. The number of ether oxygens (including phenoxy) is 3. The second kappa shape index (κ2) is 9.83. The van der Waals surface area contributed by atoms with Crippen LogP contribution < -0.4 is 19.7 Å². The fourth-order valence-electron chi connectivity index (χ4n) is 2.78. The molecule has 27 heavy (non-hydrogen) atoms. The van der Waals surface area contributed by atoms with E-state index in [1.54, 1.807) is 12.1 Å². The summed E-state index contributed by atoms with van der Waals surface area (Å²) in [6, 6.07) is 15.1. The number of benzene rings is 2. The Hall–Kier alpha value is -2.73. The van der Waals surface area contributed by atoms with Gasteiger partial charge in [0, 0.05) is 24.5 Å². The van der Waals surface area contributed by atoms with E-state index >= 15 is 0 Å². The molecule has 3 rings (SSSR count). The van der Waals surface area contributed by atoms with Gasteiger partial charge in [-0.25, -0.2) is 0 Å². The molecule has 2 aromatic rings. The number of morpholine rings is 1. The normalized spacial score (nSPS) is 13.9. The van der Waals surface area contributed by atoms with Crippen molar-refractivity contribution in [1.82, 2.24) is 0 Å². The van der Waals surface area contributed by atoms with Crippen molar-refractivity contribution in [2.75, 3.05) is 49.7 Å². The highest BCUT2D eigenvalue weighted by Crippen LogP contribution is 2.20. The lowest BCUT2D eigenvalue weighted by Gasteiger charge is -2.28. The number of anilines is 2. The molecule has 1 saturated heterocycles. The van der Waals surface area contributed by atoms with Gasteiger partial charge in [0.2, 0.25) is 0 Å². The predicted molar refractivity (Wildman–Crippen MR) is 106 cm³/mol. The number of nitrogens with zero attached hydrogens (tertiary/aromatic N) is 1. The van der Waals surface area contributed by atoms with E-state index in [0.717, 1.165) is 49.8 Å². The smallest absolute Gasteiger partial charge is 0.262 e. The SMILES string of the molecule is CCCOc1ccc(OCC(=O)Nc2ccc(N3CCOCC3)cc2)cc1. The van der Waals surface area contributed by atoms with Crippen molar-refractivity contribution in [3.63, 3.8) is 0 Å². The van der Waals surface area contributed by atoms with Gasteiger partial charge >= 0.3 is 0 Å². The maximum atomic E-state index is 12.1. The molecule has 0 aliphatic carbocycles. The molecule has 0 aromatic heterocycles. The van der Waals surface area contributed by atoms with E-state index in [0.29, 0.717) is 12.4 Å². The highest BCUT2D eigenvalue weighted by molar-refractivity contribution is 5.92. The van der Waals surface area contributed by atoms with Crippen LogP contribution in [0.2, 0.25) is 0 Å². The van der Waals surface area contributed by atoms with Crippen molar-refractivity contribution < 1.29 is 19.0 Å². The van der Waals surface area contributed by atoms with Gasteiger partial charge in [0.15, 0.2) is 6.61 Å². The maximum Gasteiger partial charge on any atom is 0.262 e. The number of hydrogen-bond acceptors (Lipinski definition) is 5. The van der Waals surface area contributed by atoms with Gasteiger partial charge in [-0.2, -0.15) is 0 Å². The third-order valence-corrected chi connectivity index (χ3v) is 4.19. The van der Waals surface area contributed by atoms with Crippen LogP contribution in [0.15, 0.2) is 48.5 Å². The van der Waals surface area contributed by atoms with Crippen LogP contribution in [0.3, 0.4) is 0 Å². The lowest BCUT2D eigenvalue weighted by atomic mass is 10.2. The van der Waals surface area contributed by atoms with Crippen LogP contribution in [0.5, 0.6) is 11.5 Å². The van der Waals surface area contributed by atoms with Crippen molar-refractivity contribution in [3.8, 4) is 11.5 Å². The molecule has 0 unspecified atom stereocenters. The highest BCUT2D eigenvalue weighted by atomic mass is 16.5. The summed E-state index contributed by atoms with van der Waals surface area (Å²) in [7, 11) is 0. The minimum atomic E-state index is -0.194. The Labute approximate surface area is 160 Å². The van der Waals surface area contributed by atoms with Crippen LogP contribution >= 0.6 is 0 Å². The van der Waals surface area contributed by atoms with E-state index in [9.17, 15) is 4.79 Å². The van der Waals surface area contributed by atoms with Crippen molar-refractivity contribution in [2.45, 2.75) is 13.3 Å². The first-order chi connectivity index (χ1) is 13.2. The molecular weight excluding hydrogens is 344 g/mol. The average molecular weight is 370 g/mol. The first-order valence-electron chi connectivity index (χ1n) is 9.33. The van der Waals surface area contributed by atoms with Gasteiger partial charge < -0.3 is 24.4 Å². The molecule has 0 radical (unpaired) electrons. The fourth-order valence-corrected chi connectivity index (χ4v) is 2.78. The summed E-state index contributed by atoms with van der Waals surface area (Å²) in [5, 5.41) is 2.85. The van der Waals surface area contributed by atoms with Gasteiger partial charge in [0.05, 0.1) is 19.8 Å². The molecule has 1 fully saturated rings. The number of carbonyl (C=O) groups excluding carboxylic acids is 1. The zero-order valence-corrected chi connectivity index (χ0v) is 15.6. The second-order valence-electron chi connectivity index (χ2n) is 6.30. The van der Waals surface area contributed by atoms with Crippen molar-refractivity contribution in [2.24, 2.45) is 0 Å². The summed E-state index contributed by atoms with van der Waals surface area (Å²) < 4.78 is 16.4. The number of nitrogens with one attached hydrogen (secondary N) is 1. The Morgan fingerprint density at radius 3 is 2.26 bits per heavy atom. The molecule has 1 aliphatic heterocycles. The van der Waals surface area contributed by atoms with Crippen molar-refractivity contribution in [3.05, 3.63) is 48.5 Å². The molecule has 1 aliphatic rings. The molecule has 144 valence electrons. The summed E-state index contributed by atoms with van der Waals surface area (Å²) in [6.45, 7) is 5.99. The lowest BCUT2D eigenvalue weighted by Crippen LogP contribution is -2.36. The second-order valence-corrected chi connectivity index (χ2v) is 6.30. The molecule has 6 heteroatoms. The summed E-state index contributed by atoms with van der Waals surface area (Å²) in [6.07, 6.45) is 0.964. The average Bonchev–Trinajstić information content (AvgIpc) is 2.73. The molecule has 6 nitrogen and oxygen atoms in total. The van der Waals surface area contributed by atoms with Crippen LogP contribution in [0.25, 0.3) is 0 Å². The molecule has 2 aromatic carbocycles. The topological polar surface area (TPSA) is 60.0 Å². The summed E-state index contributed by atoms with van der Waals surface area (Å²) >= 11 is 0. The summed E-state index contributed by atoms with van der Waals surface area (Å²) in [4.78, 5) is 14.4. The Balaban J connectivity index is 1.44. The number of carbonyl (C=O) groups is 1. The number of amides is 1. The van der Waals surface area contributed by atoms with Crippen molar-refractivity contribution >= 4 is 17.3 Å². The first kappa shape index (κ1) is 19.0. The minimum Gasteiger partial charge on any atom is -0.494 e. The Bertz CT molecular complexity index is 710. The Morgan fingerprint density at radius 1 is 1.00 bits per heavy atom. The van der Waals surface area contributed by atoms with E-state index in [1.165, 1.54) is 0 Å².